The quantitative estimate of drug-likeness (QED) is 0.816. The summed E-state index contributed by atoms with van der Waals surface area (Å²) in [5, 5.41) is 3.24. The molecule has 0 aliphatic carbocycles. The van der Waals surface area contributed by atoms with E-state index in [-0.39, 0.29) is 11.9 Å². The van der Waals surface area contributed by atoms with Gasteiger partial charge in [0.25, 0.3) is 0 Å². The van der Waals surface area contributed by atoms with Crippen LogP contribution in [0, 0.1) is 0 Å². The molecule has 0 heterocycles. The molecule has 0 radical (unpaired) electrons. The molecule has 0 bridgehead atoms. The summed E-state index contributed by atoms with van der Waals surface area (Å²) in [6, 6.07) is 8.05. The molecule has 106 valence electrons. The summed E-state index contributed by atoms with van der Waals surface area (Å²) >= 11 is 0. The van der Waals surface area contributed by atoms with Crippen LogP contribution in [0.2, 0.25) is 0 Å². The van der Waals surface area contributed by atoms with Gasteiger partial charge in [-0.15, -0.1) is 0 Å². The molecule has 4 heteroatoms. The van der Waals surface area contributed by atoms with Gasteiger partial charge in [-0.25, -0.2) is 0 Å². The van der Waals surface area contributed by atoms with Crippen molar-refractivity contribution in [2.24, 2.45) is 0 Å². The number of hydrogen-bond acceptors (Lipinski definition) is 3. The zero-order valence-electron chi connectivity index (χ0n) is 12.3. The Balaban J connectivity index is 2.45. The fourth-order valence-electron chi connectivity index (χ4n) is 1.76. The predicted molar refractivity (Wildman–Crippen MR) is 76.8 cm³/mol. The van der Waals surface area contributed by atoms with Crippen LogP contribution in [0.1, 0.15) is 25.0 Å². The number of likely N-dealkylation sites (N-methyl/N-ethyl adjacent to an activating group) is 1. The van der Waals surface area contributed by atoms with Crippen molar-refractivity contribution in [2.45, 2.75) is 33.0 Å². The predicted octanol–water partition coefficient (Wildman–Crippen LogP) is 1.79. The number of benzene rings is 1. The van der Waals surface area contributed by atoms with Gasteiger partial charge in [0.05, 0.1) is 12.6 Å². The molecule has 1 atom stereocenters. The maximum atomic E-state index is 11.9. The van der Waals surface area contributed by atoms with Gasteiger partial charge >= 0.3 is 0 Å². The van der Waals surface area contributed by atoms with Crippen LogP contribution in [0.5, 0.6) is 0 Å². The lowest BCUT2D eigenvalue weighted by Gasteiger charge is -2.20. The zero-order chi connectivity index (χ0) is 14.3. The van der Waals surface area contributed by atoms with Crippen LogP contribution < -0.4 is 5.32 Å². The maximum Gasteiger partial charge on any atom is 0.239 e. The number of ether oxygens (including phenoxy) is 1. The maximum absolute atomic E-state index is 11.9. The van der Waals surface area contributed by atoms with Crippen molar-refractivity contribution in [3.63, 3.8) is 0 Å². The molecule has 0 spiro atoms. The fourth-order valence-corrected chi connectivity index (χ4v) is 1.76. The summed E-state index contributed by atoms with van der Waals surface area (Å²) in [5.41, 5.74) is 2.32. The van der Waals surface area contributed by atoms with E-state index in [2.05, 4.69) is 17.4 Å². The molecule has 0 aliphatic rings. The van der Waals surface area contributed by atoms with E-state index in [0.717, 1.165) is 12.1 Å². The van der Waals surface area contributed by atoms with E-state index in [1.54, 1.807) is 12.0 Å². The molecular formula is C15H24N2O2. The van der Waals surface area contributed by atoms with Gasteiger partial charge < -0.3 is 15.0 Å². The molecule has 0 aliphatic heterocycles. The number of nitrogens with one attached hydrogen (secondary N) is 1. The molecule has 1 aromatic rings. The third kappa shape index (κ3) is 5.01. The minimum Gasteiger partial charge on any atom is -0.380 e. The van der Waals surface area contributed by atoms with E-state index in [0.29, 0.717) is 13.2 Å². The second-order valence-electron chi connectivity index (χ2n) is 4.70. The number of amides is 1. The average Bonchev–Trinajstić information content (AvgIpc) is 2.44. The van der Waals surface area contributed by atoms with Crippen molar-refractivity contribution in [1.29, 1.82) is 0 Å². The molecule has 0 aromatic heterocycles. The van der Waals surface area contributed by atoms with Gasteiger partial charge in [-0.1, -0.05) is 24.3 Å². The Kier molecular flexibility index (Phi) is 6.53. The number of hydrogen-bond donors (Lipinski definition) is 1. The van der Waals surface area contributed by atoms with Crippen LogP contribution in [-0.4, -0.2) is 37.6 Å². The minimum absolute atomic E-state index is 0.124. The Labute approximate surface area is 115 Å². The molecule has 1 amide bonds. The zero-order valence-corrected chi connectivity index (χ0v) is 12.3. The summed E-state index contributed by atoms with van der Waals surface area (Å²) in [7, 11) is 3.51. The lowest BCUT2D eigenvalue weighted by atomic mass is 10.1. The largest absolute Gasteiger partial charge is 0.380 e. The number of nitrogens with zero attached hydrogens (tertiary/aromatic N) is 1. The van der Waals surface area contributed by atoms with E-state index < -0.39 is 0 Å². The highest BCUT2D eigenvalue weighted by atomic mass is 16.5. The molecule has 1 N–H and O–H groups in total. The van der Waals surface area contributed by atoms with E-state index in [1.165, 1.54) is 5.56 Å². The third-order valence-electron chi connectivity index (χ3n) is 3.17. The normalized spacial score (nSPS) is 12.2. The molecule has 1 rings (SSSR count). The molecule has 19 heavy (non-hydrogen) atoms. The van der Waals surface area contributed by atoms with Gasteiger partial charge in [-0.3, -0.25) is 4.79 Å². The van der Waals surface area contributed by atoms with Crippen molar-refractivity contribution < 1.29 is 9.53 Å². The molecular weight excluding hydrogens is 240 g/mol. The average molecular weight is 264 g/mol. The van der Waals surface area contributed by atoms with Gasteiger partial charge in [-0.05, 0) is 25.0 Å². The highest BCUT2D eigenvalue weighted by molar-refractivity contribution is 5.81. The van der Waals surface area contributed by atoms with Crippen LogP contribution in [0.4, 0.5) is 0 Å². The number of carbonyl (C=O) groups excluding carboxylic acids is 1. The van der Waals surface area contributed by atoms with Gasteiger partial charge in [0, 0.05) is 27.2 Å². The monoisotopic (exact) mass is 264 g/mol. The van der Waals surface area contributed by atoms with Crippen molar-refractivity contribution in [1.82, 2.24) is 10.2 Å². The summed E-state index contributed by atoms with van der Waals surface area (Å²) in [6.45, 7) is 5.92. The topological polar surface area (TPSA) is 41.6 Å². The number of rotatable bonds is 7. The van der Waals surface area contributed by atoms with Crippen molar-refractivity contribution in [3.05, 3.63) is 35.4 Å². The van der Waals surface area contributed by atoms with Crippen LogP contribution in [0.25, 0.3) is 0 Å². The Morgan fingerprint density at radius 3 is 2.42 bits per heavy atom. The Morgan fingerprint density at radius 1 is 1.32 bits per heavy atom. The van der Waals surface area contributed by atoms with Gasteiger partial charge in [-0.2, -0.15) is 0 Å². The molecule has 4 nitrogen and oxygen atoms in total. The van der Waals surface area contributed by atoms with E-state index in [1.807, 2.05) is 33.0 Å². The molecule has 1 unspecified atom stereocenters. The molecule has 0 fully saturated rings. The standard InChI is InChI=1S/C15H24N2O2/c1-5-17(3)15(18)12(2)16-10-13-6-8-14(9-7-13)11-19-4/h6-9,12,16H,5,10-11H2,1-4H3. The first-order valence-electron chi connectivity index (χ1n) is 6.63. The van der Waals surface area contributed by atoms with Gasteiger partial charge in [0.2, 0.25) is 5.91 Å². The fraction of sp³-hybridized carbons (Fsp3) is 0.533. The number of methoxy groups -OCH3 is 1. The van der Waals surface area contributed by atoms with Crippen LogP contribution in [-0.2, 0) is 22.7 Å². The van der Waals surface area contributed by atoms with E-state index >= 15 is 0 Å². The first-order chi connectivity index (χ1) is 9.08. The molecule has 0 saturated carbocycles. The Bertz CT molecular complexity index is 390. The third-order valence-corrected chi connectivity index (χ3v) is 3.17. The summed E-state index contributed by atoms with van der Waals surface area (Å²) in [5.74, 6) is 0.124. The van der Waals surface area contributed by atoms with Gasteiger partial charge in [0.15, 0.2) is 0 Å². The van der Waals surface area contributed by atoms with E-state index in [4.69, 9.17) is 4.74 Å². The molecule has 0 saturated heterocycles. The van der Waals surface area contributed by atoms with Crippen molar-refractivity contribution in [2.75, 3.05) is 20.7 Å². The summed E-state index contributed by atoms with van der Waals surface area (Å²) in [6.07, 6.45) is 0. The highest BCUT2D eigenvalue weighted by Gasteiger charge is 2.15. The van der Waals surface area contributed by atoms with Gasteiger partial charge in [0.1, 0.15) is 0 Å². The minimum atomic E-state index is -0.163. The van der Waals surface area contributed by atoms with Crippen molar-refractivity contribution >= 4 is 5.91 Å². The lowest BCUT2D eigenvalue weighted by Crippen LogP contribution is -2.42. The molecule has 1 aromatic carbocycles. The smallest absolute Gasteiger partial charge is 0.239 e. The van der Waals surface area contributed by atoms with E-state index in [9.17, 15) is 4.79 Å². The van der Waals surface area contributed by atoms with Crippen LogP contribution in [0.3, 0.4) is 0 Å². The Morgan fingerprint density at radius 2 is 1.89 bits per heavy atom. The Hall–Kier alpha value is -1.39. The first kappa shape index (κ1) is 15.7. The highest BCUT2D eigenvalue weighted by Crippen LogP contribution is 2.05. The second-order valence-corrected chi connectivity index (χ2v) is 4.70. The number of carbonyl (C=O) groups is 1. The SMILES string of the molecule is CCN(C)C(=O)C(C)NCc1ccc(COC)cc1. The van der Waals surface area contributed by atoms with Crippen molar-refractivity contribution in [3.8, 4) is 0 Å². The van der Waals surface area contributed by atoms with Crippen LogP contribution in [0.15, 0.2) is 24.3 Å². The summed E-state index contributed by atoms with van der Waals surface area (Å²) in [4.78, 5) is 13.6. The second kappa shape index (κ2) is 7.92. The van der Waals surface area contributed by atoms with Crippen LogP contribution >= 0.6 is 0 Å². The first-order valence-corrected chi connectivity index (χ1v) is 6.63. The lowest BCUT2D eigenvalue weighted by molar-refractivity contribution is -0.131. The summed E-state index contributed by atoms with van der Waals surface area (Å²) < 4.78 is 5.07.